The Bertz CT molecular complexity index is 346. The lowest BCUT2D eigenvalue weighted by atomic mass is 9.96. The van der Waals surface area contributed by atoms with Crippen LogP contribution in [0.1, 0.15) is 20.3 Å². The number of carbonyl (C=O) groups excluding carboxylic acids is 3. The van der Waals surface area contributed by atoms with Crippen molar-refractivity contribution in [2.75, 3.05) is 6.61 Å². The maximum absolute atomic E-state index is 11.9. The lowest BCUT2D eigenvalue weighted by Gasteiger charge is -2.22. The van der Waals surface area contributed by atoms with Crippen LogP contribution in [0.15, 0.2) is 0 Å². The molecular weight excluding hydrogens is 252 g/mol. The molecule has 0 rings (SSSR count). The molecule has 0 aromatic rings. The number of aliphatic hydroxyl groups is 1. The number of hydrogen-bond donors (Lipinski definition) is 5. The number of carbonyl (C=O) groups is 3. The Kier molecular flexibility index (Phi) is 7.20. The smallest absolute Gasteiger partial charge is 0.242 e. The SMILES string of the molecule is CC(C)C[C@H](NC(=O)[C@@H](N)CO)C(=O)C(N)C(N)=O. The first-order valence-corrected chi connectivity index (χ1v) is 5.96. The van der Waals surface area contributed by atoms with Crippen LogP contribution in [-0.2, 0) is 14.4 Å². The molecule has 110 valence electrons. The van der Waals surface area contributed by atoms with Gasteiger partial charge in [0.25, 0.3) is 0 Å². The predicted molar refractivity (Wildman–Crippen MR) is 68.6 cm³/mol. The number of primary amides is 1. The first-order chi connectivity index (χ1) is 8.70. The molecular formula is C11H22N4O4. The molecule has 0 aliphatic heterocycles. The van der Waals surface area contributed by atoms with Crippen molar-refractivity contribution in [3.8, 4) is 0 Å². The molecule has 8 nitrogen and oxygen atoms in total. The Labute approximate surface area is 111 Å². The van der Waals surface area contributed by atoms with Crippen molar-refractivity contribution < 1.29 is 19.5 Å². The lowest BCUT2D eigenvalue weighted by molar-refractivity contribution is -0.133. The summed E-state index contributed by atoms with van der Waals surface area (Å²) in [6.07, 6.45) is 0.295. The van der Waals surface area contributed by atoms with Crippen LogP contribution in [0.25, 0.3) is 0 Å². The van der Waals surface area contributed by atoms with E-state index in [2.05, 4.69) is 5.32 Å². The van der Waals surface area contributed by atoms with E-state index in [1.165, 1.54) is 0 Å². The molecule has 2 amide bonds. The first kappa shape index (κ1) is 17.5. The average Bonchev–Trinajstić information content (AvgIpc) is 2.34. The van der Waals surface area contributed by atoms with Crippen molar-refractivity contribution in [2.24, 2.45) is 23.1 Å². The van der Waals surface area contributed by atoms with E-state index in [1.54, 1.807) is 0 Å². The number of amides is 2. The van der Waals surface area contributed by atoms with Crippen molar-refractivity contribution in [3.63, 3.8) is 0 Å². The minimum atomic E-state index is -1.48. The van der Waals surface area contributed by atoms with Crippen molar-refractivity contribution in [3.05, 3.63) is 0 Å². The minimum absolute atomic E-state index is 0.0830. The number of Topliss-reactive ketones (excluding diaryl/α,β-unsaturated/α-hetero) is 1. The predicted octanol–water partition coefficient (Wildman–Crippen LogP) is -2.78. The Morgan fingerprint density at radius 3 is 2.11 bits per heavy atom. The average molecular weight is 274 g/mol. The monoisotopic (exact) mass is 274 g/mol. The lowest BCUT2D eigenvalue weighted by Crippen LogP contribution is -2.56. The van der Waals surface area contributed by atoms with Crippen LogP contribution in [0.2, 0.25) is 0 Å². The van der Waals surface area contributed by atoms with E-state index in [0.717, 1.165) is 0 Å². The second-order valence-electron chi connectivity index (χ2n) is 4.76. The van der Waals surface area contributed by atoms with E-state index in [0.29, 0.717) is 6.42 Å². The van der Waals surface area contributed by atoms with Crippen LogP contribution in [0.5, 0.6) is 0 Å². The Morgan fingerprint density at radius 2 is 1.74 bits per heavy atom. The summed E-state index contributed by atoms with van der Waals surface area (Å²) in [5.74, 6) is -2.23. The van der Waals surface area contributed by atoms with Gasteiger partial charge in [0.15, 0.2) is 5.78 Å². The highest BCUT2D eigenvalue weighted by atomic mass is 16.3. The number of nitrogens with one attached hydrogen (secondary N) is 1. The van der Waals surface area contributed by atoms with Crippen LogP contribution >= 0.6 is 0 Å². The van der Waals surface area contributed by atoms with Gasteiger partial charge in [0, 0.05) is 0 Å². The van der Waals surface area contributed by atoms with E-state index < -0.39 is 42.3 Å². The van der Waals surface area contributed by atoms with E-state index in [-0.39, 0.29) is 5.92 Å². The number of nitrogens with two attached hydrogens (primary N) is 3. The summed E-state index contributed by atoms with van der Waals surface area (Å²) in [5, 5.41) is 11.1. The molecule has 0 aromatic carbocycles. The molecule has 0 aromatic heterocycles. The highest BCUT2D eigenvalue weighted by molar-refractivity contribution is 6.07. The summed E-state index contributed by atoms with van der Waals surface area (Å²) >= 11 is 0. The van der Waals surface area contributed by atoms with Gasteiger partial charge in [-0.05, 0) is 12.3 Å². The molecule has 0 spiro atoms. The molecule has 8 heteroatoms. The van der Waals surface area contributed by atoms with Gasteiger partial charge in [0.2, 0.25) is 11.8 Å². The Balaban J connectivity index is 4.86. The summed E-state index contributed by atoms with van der Waals surface area (Å²) in [7, 11) is 0. The van der Waals surface area contributed by atoms with Crippen LogP contribution < -0.4 is 22.5 Å². The van der Waals surface area contributed by atoms with Crippen molar-refractivity contribution in [2.45, 2.75) is 38.4 Å². The van der Waals surface area contributed by atoms with Gasteiger partial charge >= 0.3 is 0 Å². The van der Waals surface area contributed by atoms with Crippen molar-refractivity contribution in [1.82, 2.24) is 5.32 Å². The highest BCUT2D eigenvalue weighted by Crippen LogP contribution is 2.07. The van der Waals surface area contributed by atoms with Crippen LogP contribution in [-0.4, -0.2) is 47.4 Å². The third kappa shape index (κ3) is 5.77. The summed E-state index contributed by atoms with van der Waals surface area (Å²) in [5.41, 5.74) is 15.7. The summed E-state index contributed by atoms with van der Waals surface area (Å²) in [4.78, 5) is 34.4. The Hall–Kier alpha value is -1.51. The molecule has 0 saturated heterocycles. The number of ketones is 1. The van der Waals surface area contributed by atoms with Gasteiger partial charge in [-0.3, -0.25) is 14.4 Å². The van der Waals surface area contributed by atoms with Gasteiger partial charge in [0.05, 0.1) is 12.6 Å². The zero-order valence-corrected chi connectivity index (χ0v) is 11.1. The van der Waals surface area contributed by atoms with E-state index in [9.17, 15) is 14.4 Å². The van der Waals surface area contributed by atoms with Crippen LogP contribution in [0.4, 0.5) is 0 Å². The fraction of sp³-hybridized carbons (Fsp3) is 0.727. The molecule has 0 aliphatic carbocycles. The normalized spacial score (nSPS) is 15.7. The third-order valence-corrected chi connectivity index (χ3v) is 2.51. The molecule has 0 heterocycles. The van der Waals surface area contributed by atoms with Gasteiger partial charge in [-0.2, -0.15) is 0 Å². The molecule has 3 atom stereocenters. The molecule has 1 unspecified atom stereocenters. The quantitative estimate of drug-likeness (QED) is 0.301. The number of hydrogen-bond acceptors (Lipinski definition) is 6. The number of aliphatic hydroxyl groups excluding tert-OH is 1. The van der Waals surface area contributed by atoms with Gasteiger partial charge < -0.3 is 27.6 Å². The summed E-state index contributed by atoms with van der Waals surface area (Å²) < 4.78 is 0. The van der Waals surface area contributed by atoms with Crippen LogP contribution in [0.3, 0.4) is 0 Å². The van der Waals surface area contributed by atoms with Gasteiger partial charge in [-0.1, -0.05) is 13.8 Å². The first-order valence-electron chi connectivity index (χ1n) is 5.96. The zero-order valence-electron chi connectivity index (χ0n) is 11.1. The fourth-order valence-corrected chi connectivity index (χ4v) is 1.44. The second-order valence-corrected chi connectivity index (χ2v) is 4.76. The van der Waals surface area contributed by atoms with E-state index in [1.807, 2.05) is 13.8 Å². The van der Waals surface area contributed by atoms with Gasteiger partial charge in [-0.15, -0.1) is 0 Å². The van der Waals surface area contributed by atoms with Crippen LogP contribution in [0, 0.1) is 5.92 Å². The molecule has 0 bridgehead atoms. The van der Waals surface area contributed by atoms with Crippen molar-refractivity contribution >= 4 is 17.6 Å². The minimum Gasteiger partial charge on any atom is -0.394 e. The molecule has 8 N–H and O–H groups in total. The molecule has 19 heavy (non-hydrogen) atoms. The third-order valence-electron chi connectivity index (χ3n) is 2.51. The number of rotatable bonds is 8. The molecule has 0 saturated carbocycles. The molecule has 0 fully saturated rings. The Morgan fingerprint density at radius 1 is 1.21 bits per heavy atom. The van der Waals surface area contributed by atoms with E-state index >= 15 is 0 Å². The maximum atomic E-state index is 11.9. The molecule has 0 aliphatic rings. The highest BCUT2D eigenvalue weighted by Gasteiger charge is 2.30. The largest absolute Gasteiger partial charge is 0.394 e. The van der Waals surface area contributed by atoms with Gasteiger partial charge in [-0.25, -0.2) is 0 Å². The topological polar surface area (TPSA) is 162 Å². The zero-order chi connectivity index (χ0) is 15.2. The maximum Gasteiger partial charge on any atom is 0.242 e. The second kappa shape index (κ2) is 7.82. The van der Waals surface area contributed by atoms with Crippen molar-refractivity contribution in [1.29, 1.82) is 0 Å². The standard InChI is InChI=1S/C11H22N4O4/c1-5(2)3-7(9(17)8(13)10(14)18)15-11(19)6(12)4-16/h5-8,16H,3-4,12-13H2,1-2H3,(H2,14,18)(H,15,19)/t6-,7-,8?/m0/s1. The fourth-order valence-electron chi connectivity index (χ4n) is 1.44. The van der Waals surface area contributed by atoms with Gasteiger partial charge in [0.1, 0.15) is 12.1 Å². The summed E-state index contributed by atoms with van der Waals surface area (Å²) in [6.45, 7) is 3.14. The van der Waals surface area contributed by atoms with E-state index in [4.69, 9.17) is 22.3 Å². The molecule has 0 radical (unpaired) electrons. The summed E-state index contributed by atoms with van der Waals surface area (Å²) in [6, 6.07) is -3.56.